The minimum Gasteiger partial charge on any atom is -0.489 e. The second-order valence-electron chi connectivity index (χ2n) is 7.36. The van der Waals surface area contributed by atoms with Crippen molar-refractivity contribution in [2.24, 2.45) is 0 Å². The smallest absolute Gasteiger partial charge is 0.119 e. The first-order chi connectivity index (χ1) is 13.8. The number of nitrogens with zero attached hydrogens (tertiary/aromatic N) is 1. The molecule has 0 amide bonds. The number of ether oxygens (including phenoxy) is 1. The minimum atomic E-state index is 0.452. The van der Waals surface area contributed by atoms with E-state index in [0.29, 0.717) is 12.6 Å². The molecule has 0 saturated heterocycles. The second kappa shape index (κ2) is 8.90. The van der Waals surface area contributed by atoms with E-state index < -0.39 is 0 Å². The van der Waals surface area contributed by atoms with Crippen LogP contribution in [-0.4, -0.2) is 18.0 Å². The van der Waals surface area contributed by atoms with Crippen molar-refractivity contribution < 1.29 is 4.74 Å². The number of hydrogen-bond acceptors (Lipinski definition) is 2. The summed E-state index contributed by atoms with van der Waals surface area (Å²) in [5.74, 6) is 0.920. The van der Waals surface area contributed by atoms with Crippen molar-refractivity contribution in [1.29, 1.82) is 0 Å². The maximum absolute atomic E-state index is 5.90. The van der Waals surface area contributed by atoms with Crippen LogP contribution in [0.2, 0.25) is 0 Å². The van der Waals surface area contributed by atoms with E-state index in [2.05, 4.69) is 84.6 Å². The van der Waals surface area contributed by atoms with Crippen molar-refractivity contribution in [2.45, 2.75) is 26.0 Å². The molecule has 1 aliphatic rings. The average Bonchev–Trinajstić information content (AvgIpc) is 2.79. The van der Waals surface area contributed by atoms with E-state index >= 15 is 0 Å². The Balaban J connectivity index is 1.35. The van der Waals surface area contributed by atoms with Gasteiger partial charge in [-0.3, -0.25) is 4.90 Å². The Morgan fingerprint density at radius 2 is 1.54 bits per heavy atom. The zero-order valence-corrected chi connectivity index (χ0v) is 16.4. The molecular formula is C26H27NO. The van der Waals surface area contributed by atoms with Crippen molar-refractivity contribution in [3.63, 3.8) is 0 Å². The van der Waals surface area contributed by atoms with Crippen LogP contribution in [0, 0.1) is 0 Å². The topological polar surface area (TPSA) is 12.5 Å². The fraction of sp³-hybridized carbons (Fsp3) is 0.231. The molecule has 0 bridgehead atoms. The van der Waals surface area contributed by atoms with Gasteiger partial charge in [-0.05, 0) is 47.7 Å². The molecule has 1 atom stereocenters. The molecule has 0 unspecified atom stereocenters. The van der Waals surface area contributed by atoms with Crippen LogP contribution in [0.4, 0.5) is 0 Å². The van der Waals surface area contributed by atoms with E-state index in [1.807, 2.05) is 18.2 Å². The van der Waals surface area contributed by atoms with Gasteiger partial charge in [0.1, 0.15) is 12.4 Å². The molecule has 28 heavy (non-hydrogen) atoms. The van der Waals surface area contributed by atoms with Crippen LogP contribution in [0.15, 0.2) is 91.0 Å². The lowest BCUT2D eigenvalue weighted by Crippen LogP contribution is -2.31. The van der Waals surface area contributed by atoms with E-state index in [1.165, 1.54) is 22.3 Å². The predicted molar refractivity (Wildman–Crippen MR) is 116 cm³/mol. The van der Waals surface area contributed by atoms with Gasteiger partial charge < -0.3 is 4.74 Å². The first kappa shape index (κ1) is 18.5. The Hall–Kier alpha value is -2.84. The van der Waals surface area contributed by atoms with Crippen LogP contribution in [-0.2, 0) is 6.61 Å². The molecule has 142 valence electrons. The molecule has 3 aromatic carbocycles. The minimum absolute atomic E-state index is 0.452. The van der Waals surface area contributed by atoms with Gasteiger partial charge in [-0.2, -0.15) is 0 Å². The molecule has 3 aromatic rings. The van der Waals surface area contributed by atoms with Crippen molar-refractivity contribution in [3.8, 4) is 5.75 Å². The standard InChI is InChI=1S/C26H27NO/c1-21(23-10-6-3-7-11-23)27-18-16-25(17-19-27)24-12-14-26(15-13-24)28-20-22-8-4-2-5-9-22/h2-16,21H,17-20H2,1H3/t21-/m1/s1. The Bertz CT molecular complexity index is 900. The van der Waals surface area contributed by atoms with Crippen LogP contribution in [0.3, 0.4) is 0 Å². The van der Waals surface area contributed by atoms with Gasteiger partial charge >= 0.3 is 0 Å². The van der Waals surface area contributed by atoms with E-state index in [0.717, 1.165) is 25.3 Å². The molecule has 0 N–H and O–H groups in total. The Morgan fingerprint density at radius 3 is 2.18 bits per heavy atom. The third-order valence-electron chi connectivity index (χ3n) is 5.54. The lowest BCUT2D eigenvalue weighted by atomic mass is 9.97. The first-order valence-corrected chi connectivity index (χ1v) is 10.0. The van der Waals surface area contributed by atoms with Gasteiger partial charge in [-0.15, -0.1) is 0 Å². The zero-order chi connectivity index (χ0) is 19.2. The molecule has 0 spiro atoms. The van der Waals surface area contributed by atoms with Crippen LogP contribution in [0.1, 0.15) is 36.1 Å². The Labute approximate surface area is 168 Å². The van der Waals surface area contributed by atoms with E-state index in [-0.39, 0.29) is 0 Å². The summed E-state index contributed by atoms with van der Waals surface area (Å²) in [6, 6.07) is 30.0. The highest BCUT2D eigenvalue weighted by Gasteiger charge is 2.19. The summed E-state index contributed by atoms with van der Waals surface area (Å²) >= 11 is 0. The first-order valence-electron chi connectivity index (χ1n) is 10.0. The maximum atomic E-state index is 5.90. The van der Waals surface area contributed by atoms with Gasteiger partial charge in [0.25, 0.3) is 0 Å². The molecular weight excluding hydrogens is 342 g/mol. The Morgan fingerprint density at radius 1 is 0.857 bits per heavy atom. The van der Waals surface area contributed by atoms with Gasteiger partial charge in [0, 0.05) is 19.1 Å². The number of benzene rings is 3. The average molecular weight is 370 g/mol. The summed E-state index contributed by atoms with van der Waals surface area (Å²) in [6.07, 6.45) is 3.46. The summed E-state index contributed by atoms with van der Waals surface area (Å²) in [4.78, 5) is 2.54. The highest BCUT2D eigenvalue weighted by molar-refractivity contribution is 5.67. The Kier molecular flexibility index (Phi) is 5.89. The van der Waals surface area contributed by atoms with Crippen molar-refractivity contribution in [3.05, 3.63) is 108 Å². The fourth-order valence-corrected chi connectivity index (χ4v) is 3.75. The summed E-state index contributed by atoms with van der Waals surface area (Å²) in [6.45, 7) is 4.99. The van der Waals surface area contributed by atoms with Gasteiger partial charge in [-0.1, -0.05) is 78.9 Å². The van der Waals surface area contributed by atoms with Gasteiger partial charge in [0.05, 0.1) is 0 Å². The quantitative estimate of drug-likeness (QED) is 0.519. The monoisotopic (exact) mass is 369 g/mol. The lowest BCUT2D eigenvalue weighted by Gasteiger charge is -2.32. The number of hydrogen-bond donors (Lipinski definition) is 0. The van der Waals surface area contributed by atoms with Gasteiger partial charge in [0.2, 0.25) is 0 Å². The molecule has 2 heteroatoms. The summed E-state index contributed by atoms with van der Waals surface area (Å²) < 4.78 is 5.90. The predicted octanol–water partition coefficient (Wildman–Crippen LogP) is 6.12. The van der Waals surface area contributed by atoms with Crippen molar-refractivity contribution in [1.82, 2.24) is 4.90 Å². The maximum Gasteiger partial charge on any atom is 0.119 e. The van der Waals surface area contributed by atoms with E-state index in [9.17, 15) is 0 Å². The molecule has 0 aromatic heterocycles. The van der Waals surface area contributed by atoms with E-state index in [4.69, 9.17) is 4.74 Å². The summed E-state index contributed by atoms with van der Waals surface area (Å²) in [5, 5.41) is 0. The normalized spacial score (nSPS) is 15.7. The van der Waals surface area contributed by atoms with Crippen molar-refractivity contribution >= 4 is 5.57 Å². The second-order valence-corrected chi connectivity index (χ2v) is 7.36. The number of rotatable bonds is 6. The van der Waals surface area contributed by atoms with Gasteiger partial charge in [-0.25, -0.2) is 0 Å². The van der Waals surface area contributed by atoms with Crippen LogP contribution in [0.25, 0.3) is 5.57 Å². The van der Waals surface area contributed by atoms with Crippen LogP contribution in [0.5, 0.6) is 5.75 Å². The third-order valence-corrected chi connectivity index (χ3v) is 5.54. The van der Waals surface area contributed by atoms with Crippen molar-refractivity contribution in [2.75, 3.05) is 13.1 Å². The zero-order valence-electron chi connectivity index (χ0n) is 16.4. The highest BCUT2D eigenvalue weighted by Crippen LogP contribution is 2.29. The molecule has 2 nitrogen and oxygen atoms in total. The molecule has 1 aliphatic heterocycles. The SMILES string of the molecule is C[C@H](c1ccccc1)N1CC=C(c2ccc(OCc3ccccc3)cc2)CC1. The third kappa shape index (κ3) is 4.52. The highest BCUT2D eigenvalue weighted by atomic mass is 16.5. The van der Waals surface area contributed by atoms with Gasteiger partial charge in [0.15, 0.2) is 0 Å². The lowest BCUT2D eigenvalue weighted by molar-refractivity contribution is 0.233. The molecule has 0 saturated carbocycles. The molecule has 4 rings (SSSR count). The summed E-state index contributed by atoms with van der Waals surface area (Å²) in [5.41, 5.74) is 5.32. The molecule has 0 aliphatic carbocycles. The molecule has 0 fully saturated rings. The summed E-state index contributed by atoms with van der Waals surface area (Å²) in [7, 11) is 0. The molecule has 0 radical (unpaired) electrons. The van der Waals surface area contributed by atoms with Crippen LogP contribution < -0.4 is 4.74 Å². The van der Waals surface area contributed by atoms with E-state index in [1.54, 1.807) is 0 Å². The molecule has 1 heterocycles. The largest absolute Gasteiger partial charge is 0.489 e. The fourth-order valence-electron chi connectivity index (χ4n) is 3.75. The van der Waals surface area contributed by atoms with Crippen LogP contribution >= 0.6 is 0 Å².